The first-order valence-electron chi connectivity index (χ1n) is 8.88. The number of hydrogen-bond acceptors (Lipinski definition) is 6. The first-order valence-corrected chi connectivity index (χ1v) is 8.88. The maximum absolute atomic E-state index is 5.98. The van der Waals surface area contributed by atoms with Crippen LogP contribution >= 0.6 is 0 Å². The summed E-state index contributed by atoms with van der Waals surface area (Å²) in [5.74, 6) is 1.93. The molecule has 0 aliphatic rings. The predicted molar refractivity (Wildman–Crippen MR) is 114 cm³/mol. The van der Waals surface area contributed by atoms with Crippen LogP contribution in [0, 0.1) is 13.8 Å². The number of aryl methyl sites for hydroxylation is 2. The number of fused-ring (bicyclic) bond motifs is 1. The van der Waals surface area contributed by atoms with Gasteiger partial charge in [0.15, 0.2) is 0 Å². The monoisotopic (exact) mass is 393 g/mol. The molecular formula is C21H23N5O3. The fraction of sp³-hybridized carbons (Fsp3) is 0.238. The van der Waals surface area contributed by atoms with Gasteiger partial charge < -0.3 is 19.9 Å². The van der Waals surface area contributed by atoms with E-state index in [1.54, 1.807) is 33.5 Å². The highest BCUT2D eigenvalue weighted by Crippen LogP contribution is 2.32. The third kappa shape index (κ3) is 4.43. The smallest absolute Gasteiger partial charge is 0.253 e. The van der Waals surface area contributed by atoms with E-state index in [1.807, 2.05) is 32.0 Å². The molecule has 0 spiro atoms. The largest absolute Gasteiger partial charge is 0.496 e. The van der Waals surface area contributed by atoms with Crippen molar-refractivity contribution in [1.29, 1.82) is 0 Å². The Labute approximate surface area is 169 Å². The van der Waals surface area contributed by atoms with Gasteiger partial charge in [-0.15, -0.1) is 0 Å². The second-order valence-corrected chi connectivity index (χ2v) is 6.30. The van der Waals surface area contributed by atoms with Crippen molar-refractivity contribution in [3.05, 3.63) is 47.2 Å². The lowest BCUT2D eigenvalue weighted by molar-refractivity contribution is 0.374. The predicted octanol–water partition coefficient (Wildman–Crippen LogP) is 3.34. The summed E-state index contributed by atoms with van der Waals surface area (Å²) in [6.45, 7) is 3.94. The molecule has 150 valence electrons. The molecule has 3 aromatic rings. The summed E-state index contributed by atoms with van der Waals surface area (Å²) in [6.07, 6.45) is 1.52. The van der Waals surface area contributed by atoms with Crippen LogP contribution in [0.5, 0.6) is 17.2 Å². The first kappa shape index (κ1) is 20.1. The third-order valence-electron chi connectivity index (χ3n) is 4.32. The zero-order valence-corrected chi connectivity index (χ0v) is 17.1. The topological polar surface area (TPSA) is 104 Å². The maximum atomic E-state index is 5.98. The minimum atomic E-state index is 0.00999. The van der Waals surface area contributed by atoms with E-state index in [0.29, 0.717) is 22.8 Å². The zero-order chi connectivity index (χ0) is 21.0. The van der Waals surface area contributed by atoms with Crippen molar-refractivity contribution in [2.45, 2.75) is 13.8 Å². The quantitative estimate of drug-likeness (QED) is 0.527. The van der Waals surface area contributed by atoms with Crippen LogP contribution in [-0.2, 0) is 0 Å². The van der Waals surface area contributed by atoms with Crippen molar-refractivity contribution < 1.29 is 14.2 Å². The van der Waals surface area contributed by atoms with E-state index in [4.69, 9.17) is 19.9 Å². The SMILES string of the molecule is COc1cc(OC)c(/C=N/C(N)=N/c2nc(C)c3cc(C)ccc3n2)c(OC)c1. The standard InChI is InChI=1S/C21H23N5O3/c1-12-6-7-17-15(8-12)13(2)24-21(25-17)26-20(22)23-11-16-18(28-4)9-14(27-3)10-19(16)29-5/h6-11H,1-5H3,(H2,22,24,25,26)/b23-11+. The molecule has 1 heterocycles. The van der Waals surface area contributed by atoms with Gasteiger partial charge in [-0.2, -0.15) is 4.99 Å². The van der Waals surface area contributed by atoms with Gasteiger partial charge in [0.2, 0.25) is 5.96 Å². The molecule has 0 aliphatic carbocycles. The Balaban J connectivity index is 1.95. The number of benzene rings is 2. The highest BCUT2D eigenvalue weighted by Gasteiger charge is 2.12. The molecule has 0 bridgehead atoms. The molecule has 0 atom stereocenters. The summed E-state index contributed by atoms with van der Waals surface area (Å²) in [6, 6.07) is 9.43. The molecule has 8 heteroatoms. The van der Waals surface area contributed by atoms with Crippen LogP contribution < -0.4 is 19.9 Å². The maximum Gasteiger partial charge on any atom is 0.253 e. The van der Waals surface area contributed by atoms with E-state index in [1.165, 1.54) is 6.21 Å². The number of nitrogens with two attached hydrogens (primary N) is 1. The van der Waals surface area contributed by atoms with E-state index < -0.39 is 0 Å². The number of methoxy groups -OCH3 is 3. The second-order valence-electron chi connectivity index (χ2n) is 6.30. The normalized spacial score (nSPS) is 11.8. The molecule has 0 amide bonds. The Bertz CT molecular complexity index is 1080. The fourth-order valence-corrected chi connectivity index (χ4v) is 2.85. The molecule has 1 aromatic heterocycles. The first-order chi connectivity index (χ1) is 13.9. The van der Waals surface area contributed by atoms with Gasteiger partial charge in [-0.25, -0.2) is 15.0 Å². The third-order valence-corrected chi connectivity index (χ3v) is 4.32. The molecule has 3 rings (SSSR count). The van der Waals surface area contributed by atoms with Crippen molar-refractivity contribution in [3.63, 3.8) is 0 Å². The summed E-state index contributed by atoms with van der Waals surface area (Å²) in [4.78, 5) is 17.3. The van der Waals surface area contributed by atoms with E-state index in [0.717, 1.165) is 22.2 Å². The number of ether oxygens (including phenoxy) is 3. The van der Waals surface area contributed by atoms with Crippen LogP contribution in [0.15, 0.2) is 40.3 Å². The van der Waals surface area contributed by atoms with Crippen LogP contribution in [0.1, 0.15) is 16.8 Å². The molecule has 0 unspecified atom stereocenters. The highest BCUT2D eigenvalue weighted by atomic mass is 16.5. The molecular weight excluding hydrogens is 370 g/mol. The highest BCUT2D eigenvalue weighted by molar-refractivity contribution is 5.97. The van der Waals surface area contributed by atoms with Crippen LogP contribution in [-0.4, -0.2) is 43.5 Å². The van der Waals surface area contributed by atoms with E-state index in [9.17, 15) is 0 Å². The van der Waals surface area contributed by atoms with Crippen molar-refractivity contribution in [1.82, 2.24) is 9.97 Å². The fourth-order valence-electron chi connectivity index (χ4n) is 2.85. The summed E-state index contributed by atoms with van der Waals surface area (Å²) in [5, 5.41) is 0.985. The van der Waals surface area contributed by atoms with E-state index >= 15 is 0 Å². The summed E-state index contributed by atoms with van der Waals surface area (Å²) in [5.41, 5.74) is 9.36. The van der Waals surface area contributed by atoms with Gasteiger partial charge in [-0.05, 0) is 26.0 Å². The number of aromatic nitrogens is 2. The van der Waals surface area contributed by atoms with Crippen molar-refractivity contribution in [3.8, 4) is 17.2 Å². The van der Waals surface area contributed by atoms with Gasteiger partial charge in [0, 0.05) is 23.7 Å². The van der Waals surface area contributed by atoms with Crippen LogP contribution in [0.4, 0.5) is 5.95 Å². The number of hydrogen-bond donors (Lipinski definition) is 1. The van der Waals surface area contributed by atoms with Crippen LogP contribution in [0.2, 0.25) is 0 Å². The van der Waals surface area contributed by atoms with Crippen LogP contribution in [0.25, 0.3) is 10.9 Å². The number of nitrogens with zero attached hydrogens (tertiary/aromatic N) is 4. The molecule has 0 aliphatic heterocycles. The molecule has 2 N–H and O–H groups in total. The number of guanidine groups is 1. The Hall–Kier alpha value is -3.68. The summed E-state index contributed by atoms with van der Waals surface area (Å²) < 4.78 is 16.0. The minimum absolute atomic E-state index is 0.00999. The van der Waals surface area contributed by atoms with Gasteiger partial charge in [0.05, 0.1) is 38.1 Å². The second kappa shape index (κ2) is 8.55. The van der Waals surface area contributed by atoms with Gasteiger partial charge in [0.25, 0.3) is 5.95 Å². The van der Waals surface area contributed by atoms with E-state index in [-0.39, 0.29) is 11.9 Å². The van der Waals surface area contributed by atoms with Gasteiger partial charge in [-0.3, -0.25) is 0 Å². The lowest BCUT2D eigenvalue weighted by Crippen LogP contribution is -2.09. The molecule has 2 aromatic carbocycles. The van der Waals surface area contributed by atoms with Crippen LogP contribution in [0.3, 0.4) is 0 Å². The van der Waals surface area contributed by atoms with Crippen molar-refractivity contribution in [2.75, 3.05) is 21.3 Å². The molecule has 0 saturated carbocycles. The Kier molecular flexibility index (Phi) is 5.92. The van der Waals surface area contributed by atoms with Crippen molar-refractivity contribution >= 4 is 29.0 Å². The lowest BCUT2D eigenvalue weighted by Gasteiger charge is -2.12. The molecule has 8 nitrogen and oxygen atoms in total. The molecule has 0 fully saturated rings. The van der Waals surface area contributed by atoms with Gasteiger partial charge >= 0.3 is 0 Å². The Morgan fingerprint density at radius 2 is 1.66 bits per heavy atom. The zero-order valence-electron chi connectivity index (χ0n) is 17.1. The van der Waals surface area contributed by atoms with Gasteiger partial charge in [-0.1, -0.05) is 11.6 Å². The Morgan fingerprint density at radius 3 is 2.28 bits per heavy atom. The average molecular weight is 393 g/mol. The number of aliphatic imine (C=N–C) groups is 2. The van der Waals surface area contributed by atoms with Gasteiger partial charge in [0.1, 0.15) is 17.2 Å². The van der Waals surface area contributed by atoms with E-state index in [2.05, 4.69) is 20.0 Å². The Morgan fingerprint density at radius 1 is 0.966 bits per heavy atom. The summed E-state index contributed by atoms with van der Waals surface area (Å²) in [7, 11) is 4.67. The van der Waals surface area contributed by atoms with Crippen molar-refractivity contribution in [2.24, 2.45) is 15.7 Å². The lowest BCUT2D eigenvalue weighted by atomic mass is 10.1. The molecule has 0 saturated heterocycles. The minimum Gasteiger partial charge on any atom is -0.496 e. The summed E-state index contributed by atoms with van der Waals surface area (Å²) >= 11 is 0. The number of rotatable bonds is 5. The average Bonchev–Trinajstić information content (AvgIpc) is 2.72. The molecule has 29 heavy (non-hydrogen) atoms. The molecule has 0 radical (unpaired) electrons.